The van der Waals surface area contributed by atoms with Gasteiger partial charge in [0.15, 0.2) is 0 Å². The predicted octanol–water partition coefficient (Wildman–Crippen LogP) is 11.9. The van der Waals surface area contributed by atoms with Crippen LogP contribution in [-0.4, -0.2) is 133 Å². The van der Waals surface area contributed by atoms with Crippen molar-refractivity contribution < 1.29 is 19.1 Å². The van der Waals surface area contributed by atoms with E-state index in [-0.39, 0.29) is 23.8 Å². The van der Waals surface area contributed by atoms with Gasteiger partial charge in [0, 0.05) is 120 Å². The first kappa shape index (κ1) is 68.3. The van der Waals surface area contributed by atoms with E-state index in [9.17, 15) is 14.4 Å². The van der Waals surface area contributed by atoms with E-state index in [2.05, 4.69) is 142 Å². The highest BCUT2D eigenvalue weighted by Gasteiger charge is 2.37. The van der Waals surface area contributed by atoms with Crippen molar-refractivity contribution in [2.24, 2.45) is 0 Å². The number of piperazine rings is 3. The fraction of sp³-hybridized carbons (Fsp3) is 0.413. The molecule has 0 saturated carbocycles. The van der Waals surface area contributed by atoms with Gasteiger partial charge >= 0.3 is 0 Å². The first-order valence-corrected chi connectivity index (χ1v) is 32.8. The minimum atomic E-state index is 0.112. The number of ether oxygens (including phenoxy) is 1. The third-order valence-corrected chi connectivity index (χ3v) is 18.8. The zero-order valence-electron chi connectivity index (χ0n) is 55.9. The zero-order chi connectivity index (χ0) is 66.0. The lowest BCUT2D eigenvalue weighted by Crippen LogP contribution is -2.56. The second kappa shape index (κ2) is 33.0. The Morgan fingerprint density at radius 1 is 0.516 bits per heavy atom. The highest BCUT2D eigenvalue weighted by Crippen LogP contribution is 2.32. The molecule has 0 bridgehead atoms. The Bertz CT molecular complexity index is 3650. The SMILES string of the molecule is CCCC[C@H]1CN(c2cccc(C)c2C)C(=O)CN1Cc1c[nH]cn1.CCCC[C@H]1CN(c2cccc(C)c2C)C(=O)CN1Cc1cncn1Cc1ccc(C#N)cc1.COCC[C@H]1CN(c2cccc(C)c2C)C(=O)CN1Cc1cncn1Cc1ccc(C#N)cc1. The lowest BCUT2D eigenvalue weighted by molar-refractivity contribution is -0.123. The van der Waals surface area contributed by atoms with E-state index in [1.807, 2.05) is 119 Å². The zero-order valence-corrected chi connectivity index (χ0v) is 55.9. The molecule has 18 nitrogen and oxygen atoms in total. The van der Waals surface area contributed by atoms with Crippen LogP contribution in [0.25, 0.3) is 0 Å². The van der Waals surface area contributed by atoms with Crippen LogP contribution in [0.15, 0.2) is 141 Å². The second-order valence-corrected chi connectivity index (χ2v) is 25.1. The van der Waals surface area contributed by atoms with Crippen molar-refractivity contribution >= 4 is 34.8 Å². The summed E-state index contributed by atoms with van der Waals surface area (Å²) in [5.41, 5.74) is 16.9. The molecule has 8 aromatic rings. The van der Waals surface area contributed by atoms with Gasteiger partial charge in [0.1, 0.15) is 0 Å². The number of benzene rings is 5. The molecular formula is C75H92N14O4. The molecule has 0 unspecified atom stereocenters. The van der Waals surface area contributed by atoms with Gasteiger partial charge < -0.3 is 33.6 Å². The van der Waals surface area contributed by atoms with Crippen LogP contribution in [0.5, 0.6) is 0 Å². The summed E-state index contributed by atoms with van der Waals surface area (Å²) in [4.78, 5) is 68.3. The number of carbonyl (C=O) groups is 3. The molecule has 3 saturated heterocycles. The molecule has 0 aliphatic carbocycles. The third-order valence-electron chi connectivity index (χ3n) is 18.8. The predicted molar refractivity (Wildman–Crippen MR) is 367 cm³/mol. The molecule has 1 N–H and O–H groups in total. The van der Waals surface area contributed by atoms with Crippen LogP contribution in [-0.2, 0) is 51.8 Å². The van der Waals surface area contributed by atoms with Crippen LogP contribution in [0.4, 0.5) is 17.1 Å². The van der Waals surface area contributed by atoms with E-state index in [0.717, 1.165) is 96.0 Å². The summed E-state index contributed by atoms with van der Waals surface area (Å²) < 4.78 is 9.64. The standard InChI is InChI=1S/C28H33N5O.C27H31N5O2.C20H28N4O/c1-4-5-8-25-18-33(27-9-6-7-21(2)22(27)3)28(34)19-31(25)17-26-15-30-20-32(26)16-24-12-10-23(14-29)11-13-24;1-20-5-4-6-26(21(20)2)32-17-24(11-12-34-3)30(18-27(32)33)16-25-14-29-19-31(25)15-23-9-7-22(13-28)8-10-23;1-4-5-8-18-12-24(19-9-6-7-15(2)16(19)3)20(25)13-23(18)11-17-10-21-14-22-17/h6-7,9-13,15,20,25H,4-5,8,16-19H2,1-3H3;4-10,14,19,24H,11-12,15-18H2,1-3H3;6-7,9-10,14,18H,4-5,8,11-13H2,1-3H3,(H,21,22)/t25-;24-;18-/m000/s1. The van der Waals surface area contributed by atoms with Crippen LogP contribution in [0.1, 0.15) is 132 Å². The highest BCUT2D eigenvalue weighted by atomic mass is 16.5. The Labute approximate surface area is 550 Å². The van der Waals surface area contributed by atoms with Gasteiger partial charge in [0.05, 0.1) is 79.0 Å². The fourth-order valence-corrected chi connectivity index (χ4v) is 12.7. The molecule has 11 rings (SSSR count). The maximum Gasteiger partial charge on any atom is 0.241 e. The number of anilines is 3. The van der Waals surface area contributed by atoms with E-state index in [1.54, 1.807) is 13.4 Å². The first-order chi connectivity index (χ1) is 45.1. The molecule has 93 heavy (non-hydrogen) atoms. The molecule has 486 valence electrons. The minimum Gasteiger partial charge on any atom is -0.385 e. The number of H-pyrrole nitrogens is 1. The monoisotopic (exact) mass is 1250 g/mol. The number of rotatable bonds is 22. The Kier molecular flexibility index (Phi) is 24.2. The summed E-state index contributed by atoms with van der Waals surface area (Å²) in [6.45, 7) is 24.4. The summed E-state index contributed by atoms with van der Waals surface area (Å²) >= 11 is 0. The van der Waals surface area contributed by atoms with Crippen LogP contribution in [0.3, 0.4) is 0 Å². The molecule has 0 spiro atoms. The van der Waals surface area contributed by atoms with Gasteiger partial charge in [-0.1, -0.05) is 100 Å². The van der Waals surface area contributed by atoms with E-state index in [4.69, 9.17) is 15.3 Å². The van der Waals surface area contributed by atoms with Crippen molar-refractivity contribution in [1.29, 1.82) is 10.5 Å². The van der Waals surface area contributed by atoms with Gasteiger partial charge in [0.2, 0.25) is 17.7 Å². The van der Waals surface area contributed by atoms with Gasteiger partial charge in [-0.2, -0.15) is 10.5 Å². The summed E-state index contributed by atoms with van der Waals surface area (Å²) in [5.74, 6) is 0.442. The number of aromatic amines is 1. The van der Waals surface area contributed by atoms with Crippen molar-refractivity contribution in [3.63, 3.8) is 0 Å². The quantitative estimate of drug-likeness (QED) is 0.0676. The number of amides is 3. The van der Waals surface area contributed by atoms with Crippen molar-refractivity contribution in [2.75, 3.05) is 67.7 Å². The molecule has 3 aliphatic heterocycles. The van der Waals surface area contributed by atoms with Gasteiger partial charge in [-0.3, -0.25) is 29.1 Å². The number of aromatic nitrogens is 6. The first-order valence-electron chi connectivity index (χ1n) is 32.8. The number of nitrogens with zero attached hydrogens (tertiary/aromatic N) is 13. The lowest BCUT2D eigenvalue weighted by atomic mass is 10.0. The number of hydrogen-bond donors (Lipinski definition) is 1. The van der Waals surface area contributed by atoms with Crippen LogP contribution in [0.2, 0.25) is 0 Å². The minimum absolute atomic E-state index is 0.112. The van der Waals surface area contributed by atoms with Crippen molar-refractivity contribution in [2.45, 2.75) is 151 Å². The molecule has 6 heterocycles. The van der Waals surface area contributed by atoms with Gasteiger partial charge in [-0.05, 0) is 148 Å². The number of nitriles is 2. The maximum atomic E-state index is 13.3. The van der Waals surface area contributed by atoms with Crippen molar-refractivity contribution in [1.82, 2.24) is 43.8 Å². The molecule has 3 aliphatic rings. The summed E-state index contributed by atoms with van der Waals surface area (Å²) in [6, 6.07) is 39.0. The normalized spacial score (nSPS) is 17.2. The third kappa shape index (κ3) is 17.6. The van der Waals surface area contributed by atoms with Gasteiger partial charge in [-0.15, -0.1) is 0 Å². The average molecular weight is 1250 g/mol. The molecule has 18 heteroatoms. The molecule has 3 fully saturated rings. The Morgan fingerprint density at radius 3 is 1.26 bits per heavy atom. The Balaban J connectivity index is 0.000000167. The van der Waals surface area contributed by atoms with Crippen LogP contribution in [0, 0.1) is 64.2 Å². The largest absolute Gasteiger partial charge is 0.385 e. The number of nitrogens with one attached hydrogen (secondary N) is 1. The highest BCUT2D eigenvalue weighted by molar-refractivity contribution is 5.98. The average Bonchev–Trinajstić information content (AvgIpc) is 1.28. The van der Waals surface area contributed by atoms with Gasteiger partial charge in [-0.25, -0.2) is 15.0 Å². The molecular weight excluding hydrogens is 1160 g/mol. The number of methoxy groups -OCH3 is 1. The van der Waals surface area contributed by atoms with E-state index in [1.165, 1.54) is 40.7 Å². The summed E-state index contributed by atoms with van der Waals surface area (Å²) in [5, 5.41) is 18.1. The number of unbranched alkanes of at least 4 members (excludes halogenated alkanes) is 2. The summed E-state index contributed by atoms with van der Waals surface area (Å²) in [6.07, 6.45) is 18.7. The Morgan fingerprint density at radius 2 is 0.903 bits per heavy atom. The fourth-order valence-electron chi connectivity index (χ4n) is 12.7. The number of carbonyl (C=O) groups excluding carboxylic acids is 3. The Hall–Kier alpha value is -9.04. The number of imidazole rings is 3. The molecule has 0 radical (unpaired) electrons. The van der Waals surface area contributed by atoms with Crippen molar-refractivity contribution in [3.8, 4) is 12.1 Å². The van der Waals surface area contributed by atoms with Gasteiger partial charge in [0.25, 0.3) is 0 Å². The number of aryl methyl sites for hydroxylation is 3. The maximum absolute atomic E-state index is 13.3. The van der Waals surface area contributed by atoms with Crippen LogP contribution < -0.4 is 14.7 Å². The molecule has 3 aromatic heterocycles. The second-order valence-electron chi connectivity index (χ2n) is 25.1. The lowest BCUT2D eigenvalue weighted by Gasteiger charge is -2.41. The molecule has 5 aromatic carbocycles. The smallest absolute Gasteiger partial charge is 0.241 e. The topological polar surface area (TPSA) is 192 Å². The van der Waals surface area contributed by atoms with Crippen molar-refractivity contribution in [3.05, 3.63) is 213 Å². The number of hydrogen-bond acceptors (Lipinski definition) is 12. The van der Waals surface area contributed by atoms with E-state index >= 15 is 0 Å². The summed E-state index contributed by atoms with van der Waals surface area (Å²) in [7, 11) is 1.72. The van der Waals surface area contributed by atoms with E-state index in [0.29, 0.717) is 88.7 Å². The molecule has 3 atom stereocenters. The van der Waals surface area contributed by atoms with E-state index < -0.39 is 0 Å². The van der Waals surface area contributed by atoms with Crippen LogP contribution >= 0.6 is 0 Å². The molecule has 3 amide bonds.